The lowest BCUT2D eigenvalue weighted by Gasteiger charge is -2.31. The van der Waals surface area contributed by atoms with Crippen LogP contribution in [0.4, 0.5) is 0 Å². The highest BCUT2D eigenvalue weighted by Gasteiger charge is 2.29. The average Bonchev–Trinajstić information content (AvgIpc) is 3.24. The number of piperazine rings is 1. The first-order valence-electron chi connectivity index (χ1n) is 10.3. The van der Waals surface area contributed by atoms with Gasteiger partial charge in [0.15, 0.2) is 0 Å². The zero-order valence-electron chi connectivity index (χ0n) is 17.4. The van der Waals surface area contributed by atoms with Crippen molar-refractivity contribution in [1.82, 2.24) is 28.6 Å². The number of carbonyl (C=O) groups is 1. The highest BCUT2D eigenvalue weighted by molar-refractivity contribution is 7.89. The number of amides is 1. The van der Waals surface area contributed by atoms with Crippen molar-refractivity contribution in [3.05, 3.63) is 36.5 Å². The zero-order chi connectivity index (χ0) is 21.3. The number of sulfonamides is 1. The Morgan fingerprint density at radius 1 is 1.10 bits per heavy atom. The Kier molecular flexibility index (Phi) is 5.90. The number of hydrogen-bond acceptors (Lipinski definition) is 6. The van der Waals surface area contributed by atoms with Crippen molar-refractivity contribution in [2.45, 2.75) is 24.7 Å². The number of nitrogens with zero attached hydrogens (tertiary/aromatic N) is 6. The first-order valence-corrected chi connectivity index (χ1v) is 11.8. The largest absolute Gasteiger partial charge is 0.335 e. The Bertz CT molecular complexity index is 996. The van der Waals surface area contributed by atoms with Gasteiger partial charge in [0.25, 0.3) is 5.91 Å². The van der Waals surface area contributed by atoms with E-state index >= 15 is 0 Å². The standard InChI is InChI=1S/C20H28N6O3S/c1-16-4-3-7-26(13-16)30(28,29)17-5-6-19(21-12-17)25-14-18(22-15-25)20(27)24-10-8-23(2)9-11-24/h5-6,12,14-16H,3-4,7-11,13H2,1-2H3/t16-/m0/s1. The van der Waals surface area contributed by atoms with Crippen molar-refractivity contribution in [3.8, 4) is 5.82 Å². The number of carbonyl (C=O) groups excluding carboxylic acids is 1. The lowest BCUT2D eigenvalue weighted by Crippen LogP contribution is -2.47. The molecule has 1 amide bonds. The highest BCUT2D eigenvalue weighted by atomic mass is 32.2. The maximum Gasteiger partial charge on any atom is 0.274 e. The minimum Gasteiger partial charge on any atom is -0.335 e. The van der Waals surface area contributed by atoms with Crippen LogP contribution in [0.15, 0.2) is 35.7 Å². The second kappa shape index (κ2) is 8.44. The number of imidazole rings is 1. The molecule has 1 atom stereocenters. The second-order valence-corrected chi connectivity index (χ2v) is 10.2. The molecule has 0 radical (unpaired) electrons. The molecule has 2 aromatic heterocycles. The molecule has 0 unspecified atom stereocenters. The van der Waals surface area contributed by atoms with Gasteiger partial charge >= 0.3 is 0 Å². The molecule has 30 heavy (non-hydrogen) atoms. The monoisotopic (exact) mass is 432 g/mol. The number of hydrogen-bond donors (Lipinski definition) is 0. The maximum atomic E-state index is 12.9. The molecule has 0 spiro atoms. The molecule has 0 aliphatic carbocycles. The van der Waals surface area contributed by atoms with Crippen molar-refractivity contribution >= 4 is 15.9 Å². The quantitative estimate of drug-likeness (QED) is 0.718. The first-order chi connectivity index (χ1) is 14.3. The fourth-order valence-corrected chi connectivity index (χ4v) is 5.47. The van der Waals surface area contributed by atoms with Crippen LogP contribution in [0.25, 0.3) is 5.82 Å². The molecule has 2 aliphatic rings. The smallest absolute Gasteiger partial charge is 0.274 e. The summed E-state index contributed by atoms with van der Waals surface area (Å²) in [7, 11) is -1.50. The highest BCUT2D eigenvalue weighted by Crippen LogP contribution is 2.23. The van der Waals surface area contributed by atoms with E-state index in [9.17, 15) is 13.2 Å². The Balaban J connectivity index is 1.48. The summed E-state index contributed by atoms with van der Waals surface area (Å²) in [5, 5.41) is 0. The molecular formula is C20H28N6O3S. The summed E-state index contributed by atoms with van der Waals surface area (Å²) in [6.07, 6.45) is 6.49. The third-order valence-corrected chi connectivity index (χ3v) is 7.68. The van der Waals surface area contributed by atoms with Crippen molar-refractivity contribution in [3.63, 3.8) is 0 Å². The van der Waals surface area contributed by atoms with Crippen LogP contribution in [0.5, 0.6) is 0 Å². The van der Waals surface area contributed by atoms with Gasteiger partial charge in [0, 0.05) is 51.7 Å². The van der Waals surface area contributed by atoms with Gasteiger partial charge in [-0.05, 0) is 37.9 Å². The molecule has 0 N–H and O–H groups in total. The Morgan fingerprint density at radius 2 is 1.87 bits per heavy atom. The van der Waals surface area contributed by atoms with Gasteiger partial charge in [0.05, 0.1) is 0 Å². The fourth-order valence-electron chi connectivity index (χ4n) is 3.92. The molecule has 0 aromatic carbocycles. The minimum absolute atomic E-state index is 0.0970. The van der Waals surface area contributed by atoms with E-state index in [-0.39, 0.29) is 10.8 Å². The van der Waals surface area contributed by atoms with Crippen molar-refractivity contribution < 1.29 is 13.2 Å². The number of pyridine rings is 1. The van der Waals surface area contributed by atoms with E-state index in [1.807, 2.05) is 7.05 Å². The number of aromatic nitrogens is 3. The number of rotatable bonds is 4. The molecule has 2 saturated heterocycles. The third kappa shape index (κ3) is 4.26. The van der Waals surface area contributed by atoms with Gasteiger partial charge < -0.3 is 9.80 Å². The topological polar surface area (TPSA) is 91.6 Å². The molecule has 0 saturated carbocycles. The molecule has 10 heteroatoms. The van der Waals surface area contributed by atoms with Crippen LogP contribution in [0, 0.1) is 5.92 Å². The Labute approximate surface area is 177 Å². The fraction of sp³-hybridized carbons (Fsp3) is 0.550. The number of piperidine rings is 1. The summed E-state index contributed by atoms with van der Waals surface area (Å²) in [5.41, 5.74) is 0.361. The SMILES string of the molecule is C[C@H]1CCCN(S(=O)(=O)c2ccc(-n3cnc(C(=O)N4CCN(C)CC4)c3)nc2)C1. The summed E-state index contributed by atoms with van der Waals surface area (Å²) in [5.74, 6) is 0.786. The van der Waals surface area contributed by atoms with Crippen LogP contribution < -0.4 is 0 Å². The van der Waals surface area contributed by atoms with Gasteiger partial charge in [-0.25, -0.2) is 18.4 Å². The van der Waals surface area contributed by atoms with E-state index in [4.69, 9.17) is 0 Å². The molecule has 2 aromatic rings. The summed E-state index contributed by atoms with van der Waals surface area (Å²) < 4.78 is 29.0. The van der Waals surface area contributed by atoms with Crippen LogP contribution in [0.2, 0.25) is 0 Å². The summed E-state index contributed by atoms with van der Waals surface area (Å²) in [4.78, 5) is 25.4. The number of likely N-dealkylation sites (N-methyl/N-ethyl adjacent to an activating group) is 1. The predicted molar refractivity (Wildman–Crippen MR) is 112 cm³/mol. The summed E-state index contributed by atoms with van der Waals surface area (Å²) in [6.45, 7) is 6.23. The Hall–Kier alpha value is -2.30. The van der Waals surface area contributed by atoms with Crippen molar-refractivity contribution in [1.29, 1.82) is 0 Å². The van der Waals surface area contributed by atoms with Crippen LogP contribution >= 0.6 is 0 Å². The van der Waals surface area contributed by atoms with Gasteiger partial charge in [-0.1, -0.05) is 6.92 Å². The van der Waals surface area contributed by atoms with Crippen molar-refractivity contribution in [2.75, 3.05) is 46.3 Å². The second-order valence-electron chi connectivity index (χ2n) is 8.22. The predicted octanol–water partition coefficient (Wildman–Crippen LogP) is 1.08. The van der Waals surface area contributed by atoms with Crippen LogP contribution in [0.3, 0.4) is 0 Å². The summed E-state index contributed by atoms with van der Waals surface area (Å²) in [6, 6.07) is 3.21. The zero-order valence-corrected chi connectivity index (χ0v) is 18.3. The first kappa shape index (κ1) is 21.0. The minimum atomic E-state index is -3.54. The molecule has 0 bridgehead atoms. The van der Waals surface area contributed by atoms with E-state index in [0.29, 0.717) is 43.6 Å². The molecule has 2 fully saturated rings. The normalized spacial score (nSPS) is 21.7. The molecule has 2 aliphatic heterocycles. The van der Waals surface area contributed by atoms with Crippen molar-refractivity contribution in [2.24, 2.45) is 5.92 Å². The third-order valence-electron chi connectivity index (χ3n) is 5.83. The van der Waals surface area contributed by atoms with Crippen LogP contribution in [-0.4, -0.2) is 89.3 Å². The maximum absolute atomic E-state index is 12.9. The molecular weight excluding hydrogens is 404 g/mol. The van der Waals surface area contributed by atoms with E-state index in [1.54, 1.807) is 32.1 Å². The van der Waals surface area contributed by atoms with E-state index < -0.39 is 10.0 Å². The Morgan fingerprint density at radius 3 is 2.53 bits per heavy atom. The molecule has 162 valence electrons. The van der Waals surface area contributed by atoms with Crippen LogP contribution in [0.1, 0.15) is 30.3 Å². The lowest BCUT2D eigenvalue weighted by molar-refractivity contribution is 0.0658. The molecule has 9 nitrogen and oxygen atoms in total. The average molecular weight is 433 g/mol. The van der Waals surface area contributed by atoms with E-state index in [2.05, 4.69) is 21.8 Å². The van der Waals surface area contributed by atoms with Gasteiger partial charge in [-0.15, -0.1) is 0 Å². The van der Waals surface area contributed by atoms with Gasteiger partial charge in [0.1, 0.15) is 22.7 Å². The van der Waals surface area contributed by atoms with E-state index in [0.717, 1.165) is 25.9 Å². The van der Waals surface area contributed by atoms with Gasteiger partial charge in [-0.3, -0.25) is 9.36 Å². The van der Waals surface area contributed by atoms with Gasteiger partial charge in [-0.2, -0.15) is 4.31 Å². The molecule has 4 rings (SSSR count). The lowest BCUT2D eigenvalue weighted by atomic mass is 10.0. The van der Waals surface area contributed by atoms with Gasteiger partial charge in [0.2, 0.25) is 10.0 Å². The summed E-state index contributed by atoms with van der Waals surface area (Å²) >= 11 is 0. The molecule has 4 heterocycles. The van der Waals surface area contributed by atoms with Crippen LogP contribution in [-0.2, 0) is 10.0 Å². The van der Waals surface area contributed by atoms with E-state index in [1.165, 1.54) is 12.5 Å².